The zero-order valence-electron chi connectivity index (χ0n) is 12.1. The largest absolute Gasteiger partial charge is 0.493 e. The lowest BCUT2D eigenvalue weighted by Gasteiger charge is -2.23. The molecule has 1 fully saturated rings. The summed E-state index contributed by atoms with van der Waals surface area (Å²) in [5.74, 6) is 1.33. The van der Waals surface area contributed by atoms with Crippen molar-refractivity contribution in [3.8, 4) is 11.5 Å². The lowest BCUT2D eigenvalue weighted by molar-refractivity contribution is 0.000741. The molecule has 4 heteroatoms. The summed E-state index contributed by atoms with van der Waals surface area (Å²) in [5, 5.41) is 19.7. The van der Waals surface area contributed by atoms with Crippen molar-refractivity contribution in [2.45, 2.75) is 51.2 Å². The van der Waals surface area contributed by atoms with E-state index in [1.165, 1.54) is 0 Å². The van der Waals surface area contributed by atoms with Crippen molar-refractivity contribution >= 4 is 0 Å². The van der Waals surface area contributed by atoms with Gasteiger partial charge in [0.25, 0.3) is 0 Å². The second-order valence-electron chi connectivity index (χ2n) is 5.50. The maximum atomic E-state index is 10.3. The number of ether oxygens (including phenoxy) is 2. The van der Waals surface area contributed by atoms with Gasteiger partial charge in [-0.25, -0.2) is 0 Å². The van der Waals surface area contributed by atoms with Crippen LogP contribution in [0.2, 0.25) is 0 Å². The molecule has 2 rings (SSSR count). The van der Waals surface area contributed by atoms with Gasteiger partial charge in [0.1, 0.15) is 18.1 Å². The fraction of sp³-hybridized carbons (Fsp3) is 0.625. The molecule has 0 atom stereocenters. The summed E-state index contributed by atoms with van der Waals surface area (Å²) in [6.07, 6.45) is 4.61. The first-order valence-electron chi connectivity index (χ1n) is 7.38. The SMILES string of the molecule is CCCOc1ccc(CO)c(OCC2(O)CCCC2)c1. The van der Waals surface area contributed by atoms with Crippen LogP contribution in [-0.2, 0) is 6.61 Å². The van der Waals surface area contributed by atoms with E-state index in [2.05, 4.69) is 6.92 Å². The first kappa shape index (κ1) is 15.1. The molecule has 4 nitrogen and oxygen atoms in total. The van der Waals surface area contributed by atoms with Crippen LogP contribution in [0.4, 0.5) is 0 Å². The molecular weight excluding hydrogens is 256 g/mol. The summed E-state index contributed by atoms with van der Waals surface area (Å²) < 4.78 is 11.3. The van der Waals surface area contributed by atoms with Crippen molar-refractivity contribution in [2.24, 2.45) is 0 Å². The van der Waals surface area contributed by atoms with Crippen molar-refractivity contribution in [1.29, 1.82) is 0 Å². The third-order valence-corrected chi connectivity index (χ3v) is 3.71. The van der Waals surface area contributed by atoms with Gasteiger partial charge in [-0.1, -0.05) is 19.8 Å². The van der Waals surface area contributed by atoms with Crippen molar-refractivity contribution in [3.63, 3.8) is 0 Å². The summed E-state index contributed by atoms with van der Waals surface area (Å²) in [4.78, 5) is 0. The zero-order valence-corrected chi connectivity index (χ0v) is 12.1. The molecular formula is C16H24O4. The molecule has 0 heterocycles. The van der Waals surface area contributed by atoms with E-state index in [0.29, 0.717) is 12.4 Å². The van der Waals surface area contributed by atoms with E-state index < -0.39 is 5.60 Å². The summed E-state index contributed by atoms with van der Waals surface area (Å²) in [5.41, 5.74) is 0.00273. The minimum Gasteiger partial charge on any atom is -0.493 e. The molecule has 0 amide bonds. The topological polar surface area (TPSA) is 58.9 Å². The van der Waals surface area contributed by atoms with Crippen LogP contribution in [0.1, 0.15) is 44.6 Å². The second kappa shape index (κ2) is 6.95. The Morgan fingerprint density at radius 1 is 1.20 bits per heavy atom. The van der Waals surface area contributed by atoms with Gasteiger partial charge in [-0.2, -0.15) is 0 Å². The molecule has 0 bridgehead atoms. The lowest BCUT2D eigenvalue weighted by atomic mass is 10.0. The molecule has 0 unspecified atom stereocenters. The van der Waals surface area contributed by atoms with Gasteiger partial charge in [-0.3, -0.25) is 0 Å². The third-order valence-electron chi connectivity index (χ3n) is 3.71. The summed E-state index contributed by atoms with van der Waals surface area (Å²) in [6, 6.07) is 5.43. The Bertz CT molecular complexity index is 424. The van der Waals surface area contributed by atoms with Crippen LogP contribution in [0.15, 0.2) is 18.2 Å². The van der Waals surface area contributed by atoms with Crippen LogP contribution in [0, 0.1) is 0 Å². The highest BCUT2D eigenvalue weighted by Gasteiger charge is 2.32. The maximum Gasteiger partial charge on any atom is 0.128 e. The van der Waals surface area contributed by atoms with Gasteiger partial charge in [0, 0.05) is 11.6 Å². The molecule has 0 saturated heterocycles. The van der Waals surface area contributed by atoms with Crippen LogP contribution >= 0.6 is 0 Å². The van der Waals surface area contributed by atoms with E-state index >= 15 is 0 Å². The number of aliphatic hydroxyl groups excluding tert-OH is 1. The smallest absolute Gasteiger partial charge is 0.128 e. The molecule has 2 N–H and O–H groups in total. The average molecular weight is 280 g/mol. The number of rotatable bonds is 7. The molecule has 0 aromatic heterocycles. The predicted molar refractivity (Wildman–Crippen MR) is 77.1 cm³/mol. The van der Waals surface area contributed by atoms with Crippen molar-refractivity contribution < 1.29 is 19.7 Å². The van der Waals surface area contributed by atoms with E-state index in [-0.39, 0.29) is 13.2 Å². The van der Waals surface area contributed by atoms with Gasteiger partial charge < -0.3 is 19.7 Å². The Labute approximate surface area is 120 Å². The van der Waals surface area contributed by atoms with Crippen LogP contribution in [0.3, 0.4) is 0 Å². The maximum absolute atomic E-state index is 10.3. The van der Waals surface area contributed by atoms with Gasteiger partial charge in [-0.15, -0.1) is 0 Å². The number of aliphatic hydroxyl groups is 2. The Hall–Kier alpha value is -1.26. The molecule has 1 saturated carbocycles. The summed E-state index contributed by atoms with van der Waals surface area (Å²) >= 11 is 0. The second-order valence-corrected chi connectivity index (χ2v) is 5.50. The molecule has 1 aromatic carbocycles. The van der Waals surface area contributed by atoms with Gasteiger partial charge in [-0.05, 0) is 31.4 Å². The molecule has 1 aromatic rings. The minimum atomic E-state index is -0.715. The molecule has 0 spiro atoms. The fourth-order valence-corrected chi connectivity index (χ4v) is 2.50. The fourth-order valence-electron chi connectivity index (χ4n) is 2.50. The minimum absolute atomic E-state index is 0.0815. The highest BCUT2D eigenvalue weighted by molar-refractivity contribution is 5.40. The molecule has 0 aliphatic heterocycles. The first-order valence-corrected chi connectivity index (χ1v) is 7.38. The standard InChI is InChI=1S/C16H24O4/c1-2-9-19-14-6-5-13(11-17)15(10-14)20-12-16(18)7-3-4-8-16/h5-6,10,17-18H,2-4,7-9,11-12H2,1H3. The van der Waals surface area contributed by atoms with Crippen LogP contribution in [0.5, 0.6) is 11.5 Å². The quantitative estimate of drug-likeness (QED) is 0.806. The van der Waals surface area contributed by atoms with E-state index in [9.17, 15) is 10.2 Å². The van der Waals surface area contributed by atoms with E-state index in [1.54, 1.807) is 12.1 Å². The highest BCUT2D eigenvalue weighted by Crippen LogP contribution is 2.32. The lowest BCUT2D eigenvalue weighted by Crippen LogP contribution is -2.32. The van der Waals surface area contributed by atoms with Crippen LogP contribution in [0.25, 0.3) is 0 Å². The molecule has 112 valence electrons. The normalized spacial score (nSPS) is 17.1. The van der Waals surface area contributed by atoms with Gasteiger partial charge in [0.2, 0.25) is 0 Å². The number of hydrogen-bond acceptors (Lipinski definition) is 4. The van der Waals surface area contributed by atoms with Crippen molar-refractivity contribution in [1.82, 2.24) is 0 Å². The summed E-state index contributed by atoms with van der Waals surface area (Å²) in [7, 11) is 0. The number of hydrogen-bond donors (Lipinski definition) is 2. The van der Waals surface area contributed by atoms with Crippen molar-refractivity contribution in [2.75, 3.05) is 13.2 Å². The summed E-state index contributed by atoms with van der Waals surface area (Å²) in [6.45, 7) is 2.90. The molecule has 1 aliphatic carbocycles. The first-order chi connectivity index (χ1) is 9.67. The van der Waals surface area contributed by atoms with Gasteiger partial charge >= 0.3 is 0 Å². The third kappa shape index (κ3) is 3.87. The Morgan fingerprint density at radius 2 is 1.95 bits per heavy atom. The Balaban J connectivity index is 2.03. The monoisotopic (exact) mass is 280 g/mol. The van der Waals surface area contributed by atoms with E-state index in [1.807, 2.05) is 6.07 Å². The van der Waals surface area contributed by atoms with E-state index in [0.717, 1.165) is 43.4 Å². The van der Waals surface area contributed by atoms with Crippen molar-refractivity contribution in [3.05, 3.63) is 23.8 Å². The van der Waals surface area contributed by atoms with Crippen LogP contribution in [-0.4, -0.2) is 29.0 Å². The molecule has 20 heavy (non-hydrogen) atoms. The van der Waals surface area contributed by atoms with Gasteiger partial charge in [0.05, 0.1) is 18.8 Å². The molecule has 0 radical (unpaired) electrons. The average Bonchev–Trinajstić information content (AvgIpc) is 2.90. The van der Waals surface area contributed by atoms with E-state index in [4.69, 9.17) is 9.47 Å². The molecule has 1 aliphatic rings. The predicted octanol–water partition coefficient (Wildman–Crippen LogP) is 2.65. The highest BCUT2D eigenvalue weighted by atomic mass is 16.5. The zero-order chi connectivity index (χ0) is 14.4. The Kier molecular flexibility index (Phi) is 5.26. The number of benzene rings is 1. The van der Waals surface area contributed by atoms with Crippen LogP contribution < -0.4 is 9.47 Å². The van der Waals surface area contributed by atoms with Gasteiger partial charge in [0.15, 0.2) is 0 Å². The Morgan fingerprint density at radius 3 is 2.60 bits per heavy atom.